The van der Waals surface area contributed by atoms with Crippen molar-refractivity contribution in [2.45, 2.75) is 29.9 Å². The summed E-state index contributed by atoms with van der Waals surface area (Å²) in [6.45, 7) is 3.09. The predicted molar refractivity (Wildman–Crippen MR) is 92.9 cm³/mol. The number of nitriles is 1. The third kappa shape index (κ3) is 4.91. The normalized spacial score (nSPS) is 12.9. The fourth-order valence-electron chi connectivity index (χ4n) is 1.86. The lowest BCUT2D eigenvalue weighted by Crippen LogP contribution is -2.24. The van der Waals surface area contributed by atoms with Crippen LogP contribution in [0.3, 0.4) is 0 Å². The van der Waals surface area contributed by atoms with E-state index in [-0.39, 0.29) is 0 Å². The van der Waals surface area contributed by atoms with Gasteiger partial charge in [-0.2, -0.15) is 5.26 Å². The number of Topliss-reactive ketones (excluding diaryl/α,β-unsaturated/α-hetero) is 1. The molecule has 24 heavy (non-hydrogen) atoms. The van der Waals surface area contributed by atoms with Crippen molar-refractivity contribution in [3.8, 4) is 6.07 Å². The van der Waals surface area contributed by atoms with Crippen molar-refractivity contribution in [3.05, 3.63) is 46.4 Å². The zero-order valence-corrected chi connectivity index (χ0v) is 14.9. The smallest absolute Gasteiger partial charge is 0.319 e. The molecule has 1 aromatic heterocycles. The summed E-state index contributed by atoms with van der Waals surface area (Å²) in [6, 6.07) is 11.4. The predicted octanol–water partition coefficient (Wildman–Crippen LogP) is 3.35. The SMILES string of the molecule is Cc1csc([C@H](C#N)C(=O)COC(=O)[C@H](C)Sc2ccccc2)n1. The van der Waals surface area contributed by atoms with E-state index in [1.807, 2.05) is 36.4 Å². The van der Waals surface area contributed by atoms with E-state index in [0.29, 0.717) is 5.01 Å². The van der Waals surface area contributed by atoms with Crippen LogP contribution in [0.15, 0.2) is 40.6 Å². The lowest BCUT2D eigenvalue weighted by Gasteiger charge is -2.11. The molecule has 0 aliphatic rings. The van der Waals surface area contributed by atoms with E-state index in [9.17, 15) is 14.9 Å². The van der Waals surface area contributed by atoms with Crippen LogP contribution in [0.2, 0.25) is 0 Å². The fraction of sp³-hybridized carbons (Fsp3) is 0.294. The first kappa shape index (κ1) is 18.2. The number of hydrogen-bond donors (Lipinski definition) is 0. The topological polar surface area (TPSA) is 80.0 Å². The van der Waals surface area contributed by atoms with Crippen LogP contribution in [0.4, 0.5) is 0 Å². The second-order valence-electron chi connectivity index (χ2n) is 5.04. The van der Waals surface area contributed by atoms with Gasteiger partial charge < -0.3 is 4.74 Å². The van der Waals surface area contributed by atoms with Gasteiger partial charge in [0, 0.05) is 16.0 Å². The minimum absolute atomic E-state index is 0.421. The monoisotopic (exact) mass is 360 g/mol. The van der Waals surface area contributed by atoms with Crippen molar-refractivity contribution in [1.82, 2.24) is 4.98 Å². The molecule has 2 atom stereocenters. The standard InChI is InChI=1S/C17H16N2O3S2/c1-11-10-23-16(19-11)14(8-18)15(20)9-22-17(21)12(2)24-13-6-4-3-5-7-13/h3-7,10,12,14H,9H2,1-2H3/t12-,14+/m0/s1. The number of nitrogens with zero attached hydrogens (tertiary/aromatic N) is 2. The molecular formula is C17H16N2O3S2. The van der Waals surface area contributed by atoms with Gasteiger partial charge in [0.05, 0.1) is 6.07 Å². The molecule has 0 radical (unpaired) electrons. The molecule has 124 valence electrons. The number of thiazole rings is 1. The van der Waals surface area contributed by atoms with Gasteiger partial charge in [0.2, 0.25) is 0 Å². The van der Waals surface area contributed by atoms with E-state index in [2.05, 4.69) is 4.98 Å². The van der Waals surface area contributed by atoms with Gasteiger partial charge >= 0.3 is 5.97 Å². The van der Waals surface area contributed by atoms with E-state index in [0.717, 1.165) is 10.6 Å². The average molecular weight is 360 g/mol. The number of rotatable bonds is 7. The highest BCUT2D eigenvalue weighted by Gasteiger charge is 2.25. The van der Waals surface area contributed by atoms with E-state index < -0.39 is 29.5 Å². The molecule has 5 nitrogen and oxygen atoms in total. The van der Waals surface area contributed by atoms with Gasteiger partial charge in [0.1, 0.15) is 10.3 Å². The van der Waals surface area contributed by atoms with Crippen LogP contribution >= 0.6 is 23.1 Å². The van der Waals surface area contributed by atoms with E-state index in [4.69, 9.17) is 4.74 Å². The molecule has 0 aliphatic carbocycles. The Morgan fingerprint density at radius 1 is 1.38 bits per heavy atom. The molecule has 1 heterocycles. The fourth-order valence-corrected chi connectivity index (χ4v) is 3.61. The van der Waals surface area contributed by atoms with E-state index in [1.54, 1.807) is 19.2 Å². The van der Waals surface area contributed by atoms with Gasteiger partial charge in [-0.15, -0.1) is 23.1 Å². The maximum absolute atomic E-state index is 12.1. The summed E-state index contributed by atoms with van der Waals surface area (Å²) in [5, 5.41) is 10.9. The molecule has 0 aliphatic heterocycles. The maximum Gasteiger partial charge on any atom is 0.319 e. The number of esters is 1. The molecule has 2 rings (SSSR count). The molecule has 0 saturated carbocycles. The summed E-state index contributed by atoms with van der Waals surface area (Å²) in [4.78, 5) is 29.2. The molecule has 0 unspecified atom stereocenters. The number of ether oxygens (including phenoxy) is 1. The molecule has 1 aromatic carbocycles. The van der Waals surface area contributed by atoms with Gasteiger partial charge in [-0.05, 0) is 26.0 Å². The largest absolute Gasteiger partial charge is 0.457 e. The Balaban J connectivity index is 1.88. The molecule has 0 amide bonds. The lowest BCUT2D eigenvalue weighted by atomic mass is 10.1. The Hall–Kier alpha value is -2.17. The summed E-state index contributed by atoms with van der Waals surface area (Å²) in [6.07, 6.45) is 0. The quantitative estimate of drug-likeness (QED) is 0.556. The van der Waals surface area contributed by atoms with Crippen LogP contribution in [-0.2, 0) is 14.3 Å². The van der Waals surface area contributed by atoms with Crippen molar-refractivity contribution in [2.75, 3.05) is 6.61 Å². The van der Waals surface area contributed by atoms with Crippen LogP contribution in [0.5, 0.6) is 0 Å². The zero-order chi connectivity index (χ0) is 17.5. The van der Waals surface area contributed by atoms with Crippen LogP contribution in [0.25, 0.3) is 0 Å². The second-order valence-corrected chi connectivity index (χ2v) is 7.34. The van der Waals surface area contributed by atoms with Crippen molar-refractivity contribution in [3.63, 3.8) is 0 Å². The summed E-state index contributed by atoms with van der Waals surface area (Å²) >= 11 is 2.61. The molecule has 0 spiro atoms. The third-order valence-electron chi connectivity index (χ3n) is 3.08. The first-order chi connectivity index (χ1) is 11.5. The van der Waals surface area contributed by atoms with Crippen LogP contribution in [-0.4, -0.2) is 28.6 Å². The van der Waals surface area contributed by atoms with E-state index >= 15 is 0 Å². The number of carbonyl (C=O) groups excluding carboxylic acids is 2. The zero-order valence-electron chi connectivity index (χ0n) is 13.3. The van der Waals surface area contributed by atoms with Crippen molar-refractivity contribution in [2.24, 2.45) is 0 Å². The Bertz CT molecular complexity index is 753. The summed E-state index contributed by atoms with van der Waals surface area (Å²) < 4.78 is 5.07. The van der Waals surface area contributed by atoms with Crippen LogP contribution in [0, 0.1) is 18.3 Å². The molecular weight excluding hydrogens is 344 g/mol. The van der Waals surface area contributed by atoms with Crippen LogP contribution < -0.4 is 0 Å². The van der Waals surface area contributed by atoms with Gasteiger partial charge in [0.25, 0.3) is 0 Å². The highest BCUT2D eigenvalue weighted by Crippen LogP contribution is 2.24. The number of aromatic nitrogens is 1. The molecule has 0 N–H and O–H groups in total. The summed E-state index contributed by atoms with van der Waals surface area (Å²) in [5.41, 5.74) is 0.757. The number of aryl methyl sites for hydroxylation is 1. The van der Waals surface area contributed by atoms with Gasteiger partial charge in [-0.3, -0.25) is 9.59 Å². The maximum atomic E-state index is 12.1. The van der Waals surface area contributed by atoms with E-state index in [1.165, 1.54) is 23.1 Å². The van der Waals surface area contributed by atoms with Crippen molar-refractivity contribution >= 4 is 34.9 Å². The lowest BCUT2D eigenvalue weighted by molar-refractivity contribution is -0.147. The molecule has 7 heteroatoms. The minimum atomic E-state index is -0.992. The van der Waals surface area contributed by atoms with Crippen LogP contribution in [0.1, 0.15) is 23.5 Å². The molecule has 0 saturated heterocycles. The Labute approximate surface area is 148 Å². The third-order valence-corrected chi connectivity index (χ3v) is 5.20. The van der Waals surface area contributed by atoms with Crippen molar-refractivity contribution < 1.29 is 14.3 Å². The highest BCUT2D eigenvalue weighted by molar-refractivity contribution is 8.00. The molecule has 2 aromatic rings. The second kappa shape index (κ2) is 8.62. The molecule has 0 fully saturated rings. The first-order valence-electron chi connectivity index (χ1n) is 7.24. The number of ketones is 1. The number of thioether (sulfide) groups is 1. The number of hydrogen-bond acceptors (Lipinski definition) is 7. The van der Waals surface area contributed by atoms with Crippen molar-refractivity contribution in [1.29, 1.82) is 5.26 Å². The number of benzene rings is 1. The highest BCUT2D eigenvalue weighted by atomic mass is 32.2. The van der Waals surface area contributed by atoms with Gasteiger partial charge in [-0.25, -0.2) is 4.98 Å². The first-order valence-corrected chi connectivity index (χ1v) is 9.00. The number of carbonyl (C=O) groups is 2. The summed E-state index contributed by atoms with van der Waals surface area (Å²) in [7, 11) is 0. The van der Waals surface area contributed by atoms with Gasteiger partial charge in [-0.1, -0.05) is 18.2 Å². The minimum Gasteiger partial charge on any atom is -0.457 e. The summed E-state index contributed by atoms with van der Waals surface area (Å²) in [5.74, 6) is -1.94. The Morgan fingerprint density at radius 3 is 2.67 bits per heavy atom. The Morgan fingerprint density at radius 2 is 2.08 bits per heavy atom. The average Bonchev–Trinajstić information content (AvgIpc) is 3.00. The van der Waals surface area contributed by atoms with Gasteiger partial charge in [0.15, 0.2) is 18.3 Å². The molecule has 0 bridgehead atoms. The Kier molecular flexibility index (Phi) is 6.53.